The molecular formula is C20H35N5O5. The third kappa shape index (κ3) is 8.27. The van der Waals surface area contributed by atoms with Crippen LogP contribution in [0.5, 0.6) is 0 Å². The standard InChI is InChI=1S/C20H35N5O5/c1-6-28-17(29-7-2)14-24-13-16(22-23-24)18(26)21-11-8-12-25(15-9-10-15)19(27)30-20(3,4)5/h13,15,17H,6-12,14H2,1-5H3,(H,21,26). The molecule has 1 aliphatic rings. The molecule has 10 heteroatoms. The first-order valence-corrected chi connectivity index (χ1v) is 10.6. The second kappa shape index (κ2) is 11.3. The summed E-state index contributed by atoms with van der Waals surface area (Å²) in [6, 6.07) is 0.249. The van der Waals surface area contributed by atoms with Crippen molar-refractivity contribution in [2.24, 2.45) is 0 Å². The minimum Gasteiger partial charge on any atom is -0.444 e. The van der Waals surface area contributed by atoms with Crippen LogP contribution in [0.3, 0.4) is 0 Å². The summed E-state index contributed by atoms with van der Waals surface area (Å²) in [4.78, 5) is 26.4. The van der Waals surface area contributed by atoms with Crippen LogP contribution >= 0.6 is 0 Å². The Bertz CT molecular complexity index is 677. The summed E-state index contributed by atoms with van der Waals surface area (Å²) in [6.45, 7) is 11.7. The largest absolute Gasteiger partial charge is 0.444 e. The first-order chi connectivity index (χ1) is 14.2. The number of rotatable bonds is 12. The molecule has 1 aromatic heterocycles. The lowest BCUT2D eigenvalue weighted by Gasteiger charge is -2.27. The van der Waals surface area contributed by atoms with E-state index >= 15 is 0 Å². The third-order valence-corrected chi connectivity index (χ3v) is 4.29. The number of amides is 2. The van der Waals surface area contributed by atoms with Crippen LogP contribution in [-0.4, -0.2) is 76.1 Å². The maximum Gasteiger partial charge on any atom is 0.410 e. The minimum atomic E-state index is -0.520. The predicted molar refractivity (Wildman–Crippen MR) is 110 cm³/mol. The molecule has 0 bridgehead atoms. The van der Waals surface area contributed by atoms with E-state index in [0.717, 1.165) is 12.8 Å². The van der Waals surface area contributed by atoms with Crippen molar-refractivity contribution in [2.75, 3.05) is 26.3 Å². The van der Waals surface area contributed by atoms with Crippen LogP contribution in [-0.2, 0) is 20.8 Å². The van der Waals surface area contributed by atoms with Gasteiger partial charge in [0.05, 0.1) is 12.7 Å². The van der Waals surface area contributed by atoms with Gasteiger partial charge in [0.15, 0.2) is 12.0 Å². The van der Waals surface area contributed by atoms with Gasteiger partial charge in [0.1, 0.15) is 5.60 Å². The summed E-state index contributed by atoms with van der Waals surface area (Å²) in [7, 11) is 0. The van der Waals surface area contributed by atoms with Crippen LogP contribution < -0.4 is 5.32 Å². The van der Waals surface area contributed by atoms with E-state index < -0.39 is 11.9 Å². The van der Waals surface area contributed by atoms with Gasteiger partial charge >= 0.3 is 6.09 Å². The molecule has 2 amide bonds. The molecule has 1 aliphatic carbocycles. The van der Waals surface area contributed by atoms with E-state index in [2.05, 4.69) is 15.6 Å². The number of nitrogens with one attached hydrogen (secondary N) is 1. The van der Waals surface area contributed by atoms with E-state index in [-0.39, 0.29) is 23.7 Å². The fourth-order valence-electron chi connectivity index (χ4n) is 2.84. The Labute approximate surface area is 178 Å². The molecule has 0 unspecified atom stereocenters. The molecule has 0 saturated heterocycles. The van der Waals surface area contributed by atoms with E-state index in [4.69, 9.17) is 14.2 Å². The summed E-state index contributed by atoms with van der Waals surface area (Å²) in [5.74, 6) is -0.305. The van der Waals surface area contributed by atoms with Gasteiger partial charge in [-0.1, -0.05) is 5.21 Å². The van der Waals surface area contributed by atoms with Crippen molar-refractivity contribution in [1.82, 2.24) is 25.2 Å². The zero-order valence-electron chi connectivity index (χ0n) is 18.7. The van der Waals surface area contributed by atoms with Crippen molar-refractivity contribution in [3.8, 4) is 0 Å². The molecule has 0 spiro atoms. The molecule has 1 fully saturated rings. The fourth-order valence-corrected chi connectivity index (χ4v) is 2.84. The van der Waals surface area contributed by atoms with Crippen LogP contribution in [0, 0.1) is 0 Å². The van der Waals surface area contributed by atoms with Gasteiger partial charge in [-0.25, -0.2) is 9.48 Å². The molecular weight excluding hydrogens is 390 g/mol. The number of carbonyl (C=O) groups excluding carboxylic acids is 2. The molecule has 30 heavy (non-hydrogen) atoms. The molecule has 0 aliphatic heterocycles. The molecule has 0 atom stereocenters. The van der Waals surface area contributed by atoms with Crippen molar-refractivity contribution in [2.45, 2.75) is 78.4 Å². The SMILES string of the molecule is CCOC(Cn1cc(C(=O)NCCCN(C(=O)OC(C)(C)C)C2CC2)nn1)OCC. The molecule has 1 N–H and O–H groups in total. The number of ether oxygens (including phenoxy) is 3. The van der Waals surface area contributed by atoms with Crippen LogP contribution in [0.1, 0.15) is 64.4 Å². The van der Waals surface area contributed by atoms with Gasteiger partial charge in [0.25, 0.3) is 5.91 Å². The van der Waals surface area contributed by atoms with E-state index in [1.807, 2.05) is 34.6 Å². The smallest absolute Gasteiger partial charge is 0.410 e. The van der Waals surface area contributed by atoms with Crippen molar-refractivity contribution in [3.63, 3.8) is 0 Å². The Balaban J connectivity index is 1.76. The van der Waals surface area contributed by atoms with Crippen molar-refractivity contribution in [1.29, 1.82) is 0 Å². The van der Waals surface area contributed by atoms with E-state index in [1.165, 1.54) is 4.68 Å². The van der Waals surface area contributed by atoms with Gasteiger partial charge in [-0.15, -0.1) is 5.10 Å². The average molecular weight is 426 g/mol. The van der Waals surface area contributed by atoms with Crippen LogP contribution in [0.15, 0.2) is 6.20 Å². The predicted octanol–water partition coefficient (Wildman–Crippen LogP) is 2.20. The van der Waals surface area contributed by atoms with Gasteiger partial charge in [-0.2, -0.15) is 0 Å². The summed E-state index contributed by atoms with van der Waals surface area (Å²) < 4.78 is 18.0. The summed E-state index contributed by atoms with van der Waals surface area (Å²) in [5.41, 5.74) is -0.291. The molecule has 0 radical (unpaired) electrons. The number of hydrogen-bond donors (Lipinski definition) is 1. The highest BCUT2D eigenvalue weighted by atomic mass is 16.7. The van der Waals surface area contributed by atoms with E-state index in [9.17, 15) is 9.59 Å². The molecule has 0 aromatic carbocycles. The number of hydrogen-bond acceptors (Lipinski definition) is 7. The quantitative estimate of drug-likeness (QED) is 0.404. The zero-order valence-corrected chi connectivity index (χ0v) is 18.7. The zero-order chi connectivity index (χ0) is 22.1. The minimum absolute atomic E-state index is 0.230. The monoisotopic (exact) mass is 425 g/mol. The number of carbonyl (C=O) groups is 2. The molecule has 170 valence electrons. The Morgan fingerprint density at radius 2 is 1.93 bits per heavy atom. The summed E-state index contributed by atoms with van der Waals surface area (Å²) >= 11 is 0. The Morgan fingerprint density at radius 3 is 2.50 bits per heavy atom. The van der Waals surface area contributed by atoms with Gasteiger partial charge in [0, 0.05) is 32.3 Å². The topological polar surface area (TPSA) is 108 Å². The fraction of sp³-hybridized carbons (Fsp3) is 0.800. The lowest BCUT2D eigenvalue weighted by atomic mass is 10.2. The van der Waals surface area contributed by atoms with E-state index in [1.54, 1.807) is 11.1 Å². The third-order valence-electron chi connectivity index (χ3n) is 4.29. The number of aromatic nitrogens is 3. The van der Waals surface area contributed by atoms with Gasteiger partial charge < -0.3 is 24.4 Å². The Kier molecular flexibility index (Phi) is 9.04. The molecule has 1 saturated carbocycles. The maximum atomic E-state index is 12.3. The summed E-state index contributed by atoms with van der Waals surface area (Å²) in [5, 5.41) is 10.7. The second-order valence-electron chi connectivity index (χ2n) is 8.18. The average Bonchev–Trinajstić information content (AvgIpc) is 3.38. The van der Waals surface area contributed by atoms with Crippen molar-refractivity contribution < 1.29 is 23.8 Å². The Morgan fingerprint density at radius 1 is 1.27 bits per heavy atom. The normalized spacial score (nSPS) is 14.1. The van der Waals surface area contributed by atoms with Gasteiger partial charge in [0.2, 0.25) is 0 Å². The first kappa shape index (κ1) is 24.1. The highest BCUT2D eigenvalue weighted by molar-refractivity contribution is 5.91. The second-order valence-corrected chi connectivity index (χ2v) is 8.18. The van der Waals surface area contributed by atoms with Gasteiger partial charge in [-0.05, 0) is 53.9 Å². The van der Waals surface area contributed by atoms with Crippen LogP contribution in [0.25, 0.3) is 0 Å². The Hall–Kier alpha value is -2.20. The first-order valence-electron chi connectivity index (χ1n) is 10.6. The molecule has 1 heterocycles. The van der Waals surface area contributed by atoms with Crippen molar-refractivity contribution in [3.05, 3.63) is 11.9 Å². The number of nitrogens with zero attached hydrogens (tertiary/aromatic N) is 4. The van der Waals surface area contributed by atoms with E-state index in [0.29, 0.717) is 39.3 Å². The maximum absolute atomic E-state index is 12.3. The summed E-state index contributed by atoms with van der Waals surface area (Å²) in [6.07, 6.45) is 3.47. The van der Waals surface area contributed by atoms with Crippen molar-refractivity contribution >= 4 is 12.0 Å². The highest BCUT2D eigenvalue weighted by Gasteiger charge is 2.34. The lowest BCUT2D eigenvalue weighted by molar-refractivity contribution is -0.145. The molecule has 2 rings (SSSR count). The van der Waals surface area contributed by atoms with Crippen LogP contribution in [0.2, 0.25) is 0 Å². The lowest BCUT2D eigenvalue weighted by Crippen LogP contribution is -2.39. The van der Waals surface area contributed by atoms with Crippen LogP contribution in [0.4, 0.5) is 4.79 Å². The van der Waals surface area contributed by atoms with Gasteiger partial charge in [-0.3, -0.25) is 4.79 Å². The molecule has 1 aromatic rings. The molecule has 10 nitrogen and oxygen atoms in total. The highest BCUT2D eigenvalue weighted by Crippen LogP contribution is 2.28.